The first-order chi connectivity index (χ1) is 10.3. The molecule has 4 rings (SSSR count). The molecule has 0 amide bonds. The monoisotopic (exact) mass is 286 g/mol. The molecule has 0 unspecified atom stereocenters. The van der Waals surface area contributed by atoms with Crippen LogP contribution in [0.15, 0.2) is 12.3 Å². The Morgan fingerprint density at radius 1 is 1.14 bits per heavy atom. The lowest BCUT2D eigenvalue weighted by Crippen LogP contribution is -2.47. The van der Waals surface area contributed by atoms with Crippen molar-refractivity contribution in [3.05, 3.63) is 23.5 Å². The second-order valence-corrected chi connectivity index (χ2v) is 6.86. The van der Waals surface area contributed by atoms with Crippen molar-refractivity contribution in [2.45, 2.75) is 51.2 Å². The number of pyridine rings is 1. The molecule has 2 aliphatic carbocycles. The third kappa shape index (κ3) is 3.22. The van der Waals surface area contributed by atoms with Crippen LogP contribution < -0.4 is 10.2 Å². The molecule has 1 saturated heterocycles. The molecule has 3 fully saturated rings. The molecular weight excluding hydrogens is 260 g/mol. The van der Waals surface area contributed by atoms with Gasteiger partial charge in [-0.15, -0.1) is 0 Å². The van der Waals surface area contributed by atoms with E-state index in [1.807, 2.05) is 0 Å². The summed E-state index contributed by atoms with van der Waals surface area (Å²) in [5, 5.41) is 3.63. The molecular formula is C17H26N4. The smallest absolute Gasteiger partial charge is 0.0446 e. The van der Waals surface area contributed by atoms with Gasteiger partial charge in [-0.05, 0) is 38.7 Å². The van der Waals surface area contributed by atoms with Gasteiger partial charge in [0.2, 0.25) is 0 Å². The van der Waals surface area contributed by atoms with E-state index in [0.717, 1.165) is 37.4 Å². The Morgan fingerprint density at radius 2 is 1.90 bits per heavy atom. The normalized spacial score (nSPS) is 23.6. The number of aromatic nitrogens is 1. The van der Waals surface area contributed by atoms with E-state index >= 15 is 0 Å². The van der Waals surface area contributed by atoms with E-state index in [-0.39, 0.29) is 0 Å². The molecule has 1 N–H and O–H groups in total. The van der Waals surface area contributed by atoms with Crippen molar-refractivity contribution >= 4 is 5.69 Å². The van der Waals surface area contributed by atoms with Crippen LogP contribution in [0.5, 0.6) is 0 Å². The maximum atomic E-state index is 4.51. The number of anilines is 1. The minimum atomic E-state index is 0.755. The summed E-state index contributed by atoms with van der Waals surface area (Å²) in [5.41, 5.74) is 3.91. The fraction of sp³-hybridized carbons (Fsp3) is 0.706. The van der Waals surface area contributed by atoms with E-state index in [1.165, 1.54) is 50.0 Å². The fourth-order valence-corrected chi connectivity index (χ4v) is 3.31. The molecule has 1 aliphatic heterocycles. The zero-order chi connectivity index (χ0) is 14.2. The van der Waals surface area contributed by atoms with Crippen LogP contribution in [-0.4, -0.2) is 48.1 Å². The van der Waals surface area contributed by atoms with E-state index in [0.29, 0.717) is 0 Å². The fourth-order valence-electron chi connectivity index (χ4n) is 3.31. The average Bonchev–Trinajstić information content (AvgIpc) is 3.39. The molecule has 0 bridgehead atoms. The number of piperazine rings is 1. The van der Waals surface area contributed by atoms with Gasteiger partial charge in [-0.25, -0.2) is 0 Å². The molecule has 4 nitrogen and oxygen atoms in total. The van der Waals surface area contributed by atoms with E-state index in [4.69, 9.17) is 0 Å². The molecule has 2 heterocycles. The third-order valence-corrected chi connectivity index (χ3v) is 4.98. The SMILES string of the molecule is Cc1cc(N2CCN(C3CC3)CC2)c(CNC2CC2)cn1. The molecule has 0 radical (unpaired) electrons. The molecule has 0 atom stereocenters. The highest BCUT2D eigenvalue weighted by molar-refractivity contribution is 5.54. The van der Waals surface area contributed by atoms with Crippen LogP contribution in [0.2, 0.25) is 0 Å². The first kappa shape index (κ1) is 13.5. The van der Waals surface area contributed by atoms with Gasteiger partial charge in [0.25, 0.3) is 0 Å². The summed E-state index contributed by atoms with van der Waals surface area (Å²) in [6.45, 7) is 7.84. The highest BCUT2D eigenvalue weighted by atomic mass is 15.3. The summed E-state index contributed by atoms with van der Waals surface area (Å²) >= 11 is 0. The second-order valence-electron chi connectivity index (χ2n) is 6.86. The van der Waals surface area contributed by atoms with Gasteiger partial charge in [-0.1, -0.05) is 0 Å². The predicted octanol–water partition coefficient (Wildman–Crippen LogP) is 1.93. The Hall–Kier alpha value is -1.13. The molecule has 21 heavy (non-hydrogen) atoms. The lowest BCUT2D eigenvalue weighted by Gasteiger charge is -2.37. The van der Waals surface area contributed by atoms with Crippen LogP contribution in [0.1, 0.15) is 36.9 Å². The molecule has 114 valence electrons. The van der Waals surface area contributed by atoms with Crippen molar-refractivity contribution in [3.8, 4) is 0 Å². The summed E-state index contributed by atoms with van der Waals surface area (Å²) in [6.07, 6.45) is 7.60. The Bertz CT molecular complexity index is 500. The van der Waals surface area contributed by atoms with Crippen LogP contribution in [-0.2, 0) is 6.54 Å². The summed E-state index contributed by atoms with van der Waals surface area (Å²) in [6, 6.07) is 3.93. The molecule has 3 aliphatic rings. The minimum absolute atomic E-state index is 0.755. The Balaban J connectivity index is 1.45. The highest BCUT2D eigenvalue weighted by Crippen LogP contribution is 2.30. The Morgan fingerprint density at radius 3 is 2.57 bits per heavy atom. The number of hydrogen-bond donors (Lipinski definition) is 1. The quantitative estimate of drug-likeness (QED) is 0.896. The van der Waals surface area contributed by atoms with Crippen LogP contribution in [0.3, 0.4) is 0 Å². The lowest BCUT2D eigenvalue weighted by molar-refractivity contribution is 0.248. The van der Waals surface area contributed by atoms with Gasteiger partial charge in [0.05, 0.1) is 0 Å². The molecule has 4 heteroatoms. The molecule has 1 aromatic rings. The van der Waals surface area contributed by atoms with Gasteiger partial charge in [0, 0.05) is 67.9 Å². The maximum Gasteiger partial charge on any atom is 0.0446 e. The number of aryl methyl sites for hydroxylation is 1. The van der Waals surface area contributed by atoms with Gasteiger partial charge in [-0.2, -0.15) is 0 Å². The summed E-state index contributed by atoms with van der Waals surface area (Å²) < 4.78 is 0. The molecule has 1 aromatic heterocycles. The number of hydrogen-bond acceptors (Lipinski definition) is 4. The first-order valence-electron chi connectivity index (χ1n) is 8.47. The van der Waals surface area contributed by atoms with Gasteiger partial charge in [0.1, 0.15) is 0 Å². The van der Waals surface area contributed by atoms with Crippen molar-refractivity contribution < 1.29 is 0 Å². The number of nitrogens with one attached hydrogen (secondary N) is 1. The number of rotatable bonds is 5. The van der Waals surface area contributed by atoms with E-state index < -0.39 is 0 Å². The van der Waals surface area contributed by atoms with Crippen molar-refractivity contribution in [1.29, 1.82) is 0 Å². The van der Waals surface area contributed by atoms with Crippen LogP contribution in [0.25, 0.3) is 0 Å². The minimum Gasteiger partial charge on any atom is -0.369 e. The molecule has 2 saturated carbocycles. The van der Waals surface area contributed by atoms with Crippen molar-refractivity contribution in [3.63, 3.8) is 0 Å². The van der Waals surface area contributed by atoms with Crippen LogP contribution in [0, 0.1) is 6.92 Å². The second kappa shape index (κ2) is 5.58. The van der Waals surface area contributed by atoms with Crippen molar-refractivity contribution in [1.82, 2.24) is 15.2 Å². The Labute approximate surface area is 127 Å². The van der Waals surface area contributed by atoms with Gasteiger partial charge < -0.3 is 10.2 Å². The van der Waals surface area contributed by atoms with Crippen LogP contribution >= 0.6 is 0 Å². The maximum absolute atomic E-state index is 4.51. The Kier molecular flexibility index (Phi) is 3.59. The summed E-state index contributed by atoms with van der Waals surface area (Å²) in [7, 11) is 0. The third-order valence-electron chi connectivity index (χ3n) is 4.98. The zero-order valence-electron chi connectivity index (χ0n) is 13.0. The van der Waals surface area contributed by atoms with Gasteiger partial charge in [-0.3, -0.25) is 9.88 Å². The zero-order valence-corrected chi connectivity index (χ0v) is 13.0. The lowest BCUT2D eigenvalue weighted by atomic mass is 10.1. The average molecular weight is 286 g/mol. The molecule has 0 aromatic carbocycles. The highest BCUT2D eigenvalue weighted by Gasteiger charge is 2.31. The van der Waals surface area contributed by atoms with E-state index in [9.17, 15) is 0 Å². The molecule has 0 spiro atoms. The topological polar surface area (TPSA) is 31.4 Å². The predicted molar refractivity (Wildman–Crippen MR) is 85.6 cm³/mol. The van der Waals surface area contributed by atoms with Gasteiger partial charge >= 0.3 is 0 Å². The number of nitrogens with zero attached hydrogens (tertiary/aromatic N) is 3. The summed E-state index contributed by atoms with van der Waals surface area (Å²) in [5.74, 6) is 0. The first-order valence-corrected chi connectivity index (χ1v) is 8.47. The largest absolute Gasteiger partial charge is 0.369 e. The van der Waals surface area contributed by atoms with Crippen molar-refractivity contribution in [2.75, 3.05) is 31.1 Å². The van der Waals surface area contributed by atoms with Crippen molar-refractivity contribution in [2.24, 2.45) is 0 Å². The van der Waals surface area contributed by atoms with E-state index in [1.54, 1.807) is 0 Å². The van der Waals surface area contributed by atoms with Crippen LogP contribution in [0.4, 0.5) is 5.69 Å². The summed E-state index contributed by atoms with van der Waals surface area (Å²) in [4.78, 5) is 9.75. The standard InChI is InChI=1S/C17H26N4/c1-13-10-17(14(11-18-13)12-19-15-2-3-15)21-8-6-20(7-9-21)16-4-5-16/h10-11,15-16,19H,2-9,12H2,1H3. The van der Waals surface area contributed by atoms with Gasteiger partial charge in [0.15, 0.2) is 0 Å². The van der Waals surface area contributed by atoms with E-state index in [2.05, 4.69) is 39.3 Å².